The molecule has 0 radical (unpaired) electrons. The zero-order valence-electron chi connectivity index (χ0n) is 16.0. The van der Waals surface area contributed by atoms with Crippen LogP contribution in [0.25, 0.3) is 0 Å². The molecule has 0 spiro atoms. The number of hydrogen-bond acceptors (Lipinski definition) is 3. The van der Waals surface area contributed by atoms with Gasteiger partial charge >= 0.3 is 0 Å². The van der Waals surface area contributed by atoms with Crippen LogP contribution < -0.4 is 10.1 Å². The third-order valence-corrected chi connectivity index (χ3v) is 5.08. The average Bonchev–Trinajstić information content (AvgIpc) is 3.08. The molecule has 5 nitrogen and oxygen atoms in total. The first-order valence-electron chi connectivity index (χ1n) is 9.49. The van der Waals surface area contributed by atoms with E-state index in [0.717, 1.165) is 11.3 Å². The molecule has 1 heterocycles. The molecular formula is C22H25FN2O3. The first-order valence-corrected chi connectivity index (χ1v) is 9.49. The van der Waals surface area contributed by atoms with E-state index in [0.29, 0.717) is 38.0 Å². The Hall–Kier alpha value is -2.89. The molecule has 2 aromatic carbocycles. The molecule has 3 rings (SSSR count). The predicted octanol–water partition coefficient (Wildman–Crippen LogP) is 2.58. The van der Waals surface area contributed by atoms with Crippen molar-refractivity contribution in [3.05, 3.63) is 65.5 Å². The number of benzene rings is 2. The van der Waals surface area contributed by atoms with Crippen molar-refractivity contribution < 1.29 is 18.7 Å². The second-order valence-corrected chi connectivity index (χ2v) is 6.94. The maximum absolute atomic E-state index is 13.7. The Balaban J connectivity index is 1.46. The summed E-state index contributed by atoms with van der Waals surface area (Å²) in [7, 11) is 1.62. The Morgan fingerprint density at radius 1 is 1.14 bits per heavy atom. The van der Waals surface area contributed by atoms with Gasteiger partial charge in [0.25, 0.3) is 0 Å². The molecule has 2 amide bonds. The van der Waals surface area contributed by atoms with E-state index < -0.39 is 0 Å². The maximum atomic E-state index is 13.7. The summed E-state index contributed by atoms with van der Waals surface area (Å²) in [5.41, 5.74) is 1.61. The van der Waals surface area contributed by atoms with E-state index in [1.54, 1.807) is 30.2 Å². The Bertz CT molecular complexity index is 840. The molecule has 1 N–H and O–H groups in total. The largest absolute Gasteiger partial charge is 0.496 e. The summed E-state index contributed by atoms with van der Waals surface area (Å²) in [6.45, 7) is 1.29. The lowest BCUT2D eigenvalue weighted by molar-refractivity contribution is -0.129. The molecule has 6 heteroatoms. The van der Waals surface area contributed by atoms with Crippen LogP contribution in [0.1, 0.15) is 17.5 Å². The van der Waals surface area contributed by atoms with Crippen LogP contribution in [0.3, 0.4) is 0 Å². The number of carbonyl (C=O) groups excluding carboxylic acids is 2. The van der Waals surface area contributed by atoms with E-state index in [2.05, 4.69) is 5.32 Å². The highest BCUT2D eigenvalue weighted by Crippen LogP contribution is 2.20. The second kappa shape index (κ2) is 9.35. The van der Waals surface area contributed by atoms with Gasteiger partial charge in [-0.15, -0.1) is 0 Å². The van der Waals surface area contributed by atoms with Crippen molar-refractivity contribution in [2.75, 3.05) is 26.7 Å². The first-order chi connectivity index (χ1) is 13.6. The molecule has 148 valence electrons. The Kier molecular flexibility index (Phi) is 6.63. The number of nitrogens with zero attached hydrogens (tertiary/aromatic N) is 1. The van der Waals surface area contributed by atoms with E-state index >= 15 is 0 Å². The molecule has 0 aliphatic carbocycles. The van der Waals surface area contributed by atoms with E-state index in [1.165, 1.54) is 6.07 Å². The number of amides is 2. The van der Waals surface area contributed by atoms with Gasteiger partial charge in [0.15, 0.2) is 0 Å². The van der Waals surface area contributed by atoms with Gasteiger partial charge in [-0.3, -0.25) is 9.59 Å². The van der Waals surface area contributed by atoms with Crippen LogP contribution in [0.15, 0.2) is 48.5 Å². The third-order valence-electron chi connectivity index (χ3n) is 5.08. The van der Waals surface area contributed by atoms with Gasteiger partial charge in [0.2, 0.25) is 11.8 Å². The van der Waals surface area contributed by atoms with Gasteiger partial charge in [0.05, 0.1) is 13.0 Å². The minimum absolute atomic E-state index is 0.0544. The number of ether oxygens (including phenoxy) is 1. The van der Waals surface area contributed by atoms with Crippen molar-refractivity contribution in [3.8, 4) is 5.75 Å². The van der Waals surface area contributed by atoms with Crippen molar-refractivity contribution in [2.24, 2.45) is 5.92 Å². The molecule has 2 aromatic rings. The van der Waals surface area contributed by atoms with Gasteiger partial charge in [-0.05, 0) is 36.1 Å². The predicted molar refractivity (Wildman–Crippen MR) is 104 cm³/mol. The molecule has 1 aliphatic heterocycles. The van der Waals surface area contributed by atoms with Gasteiger partial charge in [0.1, 0.15) is 11.6 Å². The van der Waals surface area contributed by atoms with Gasteiger partial charge in [0, 0.05) is 26.1 Å². The number of hydrogen-bond donors (Lipinski definition) is 1. The van der Waals surface area contributed by atoms with Gasteiger partial charge in [-0.25, -0.2) is 4.39 Å². The molecule has 0 saturated carbocycles. The fraction of sp³-hybridized carbons (Fsp3) is 0.364. The summed E-state index contributed by atoms with van der Waals surface area (Å²) in [5, 5.41) is 2.92. The number of rotatable bonds is 8. The number of methoxy groups -OCH3 is 1. The van der Waals surface area contributed by atoms with Crippen LogP contribution in [-0.4, -0.2) is 43.5 Å². The Labute approximate surface area is 164 Å². The smallest absolute Gasteiger partial charge is 0.225 e. The zero-order chi connectivity index (χ0) is 19.9. The summed E-state index contributed by atoms with van der Waals surface area (Å²) in [5.74, 6) is 0.00976. The minimum Gasteiger partial charge on any atom is -0.496 e. The highest BCUT2D eigenvalue weighted by atomic mass is 19.1. The SMILES string of the molecule is COc1ccccc1CCNC(=O)C1CC(=O)N(CCc2ccccc2F)C1. The average molecular weight is 384 g/mol. The summed E-state index contributed by atoms with van der Waals surface area (Å²) in [4.78, 5) is 26.3. The van der Waals surface area contributed by atoms with Crippen molar-refractivity contribution in [3.63, 3.8) is 0 Å². The molecule has 1 fully saturated rings. The fourth-order valence-corrected chi connectivity index (χ4v) is 3.49. The normalized spacial score (nSPS) is 16.3. The third kappa shape index (κ3) is 4.88. The van der Waals surface area contributed by atoms with E-state index in [1.807, 2.05) is 24.3 Å². The summed E-state index contributed by atoms with van der Waals surface area (Å²) in [6.07, 6.45) is 1.31. The van der Waals surface area contributed by atoms with E-state index in [9.17, 15) is 14.0 Å². The molecule has 1 aliphatic rings. The quantitative estimate of drug-likeness (QED) is 0.761. The Morgan fingerprint density at radius 2 is 1.86 bits per heavy atom. The lowest BCUT2D eigenvalue weighted by atomic mass is 10.1. The van der Waals surface area contributed by atoms with Crippen LogP contribution in [0.2, 0.25) is 0 Å². The van der Waals surface area contributed by atoms with Crippen molar-refractivity contribution in [1.82, 2.24) is 10.2 Å². The summed E-state index contributed by atoms with van der Waals surface area (Å²) >= 11 is 0. The number of likely N-dealkylation sites (tertiary alicyclic amines) is 1. The van der Waals surface area contributed by atoms with Crippen molar-refractivity contribution in [2.45, 2.75) is 19.3 Å². The number of halogens is 1. The first kappa shape index (κ1) is 19.9. The molecule has 1 atom stereocenters. The number of para-hydroxylation sites is 1. The van der Waals surface area contributed by atoms with Crippen LogP contribution in [0.4, 0.5) is 4.39 Å². The minimum atomic E-state index is -0.356. The van der Waals surface area contributed by atoms with E-state index in [-0.39, 0.29) is 30.0 Å². The highest BCUT2D eigenvalue weighted by molar-refractivity contribution is 5.89. The summed E-state index contributed by atoms with van der Waals surface area (Å²) < 4.78 is 19.0. The van der Waals surface area contributed by atoms with Gasteiger partial charge in [-0.1, -0.05) is 36.4 Å². The van der Waals surface area contributed by atoms with Crippen LogP contribution in [0, 0.1) is 11.7 Å². The molecule has 0 bridgehead atoms. The molecule has 1 unspecified atom stereocenters. The summed E-state index contributed by atoms with van der Waals surface area (Å²) in [6, 6.07) is 14.3. The number of nitrogens with one attached hydrogen (secondary N) is 1. The molecule has 28 heavy (non-hydrogen) atoms. The van der Waals surface area contributed by atoms with E-state index in [4.69, 9.17) is 4.74 Å². The zero-order valence-corrected chi connectivity index (χ0v) is 16.0. The van der Waals surface area contributed by atoms with Crippen molar-refractivity contribution >= 4 is 11.8 Å². The van der Waals surface area contributed by atoms with Crippen LogP contribution >= 0.6 is 0 Å². The standard InChI is InChI=1S/C22H25FN2O3/c1-28-20-9-5-3-7-17(20)10-12-24-22(27)18-14-21(26)25(15-18)13-11-16-6-2-4-8-19(16)23/h2-9,18H,10-15H2,1H3,(H,24,27). The topological polar surface area (TPSA) is 58.6 Å². The lowest BCUT2D eigenvalue weighted by Gasteiger charge is -2.17. The van der Waals surface area contributed by atoms with Crippen LogP contribution in [0.5, 0.6) is 5.75 Å². The Morgan fingerprint density at radius 3 is 2.61 bits per heavy atom. The monoisotopic (exact) mass is 384 g/mol. The molecular weight excluding hydrogens is 359 g/mol. The fourth-order valence-electron chi connectivity index (χ4n) is 3.49. The van der Waals surface area contributed by atoms with Gasteiger partial charge in [-0.2, -0.15) is 0 Å². The van der Waals surface area contributed by atoms with Crippen molar-refractivity contribution in [1.29, 1.82) is 0 Å². The van der Waals surface area contributed by atoms with Crippen LogP contribution in [-0.2, 0) is 22.4 Å². The molecule has 0 aromatic heterocycles. The molecule has 1 saturated heterocycles. The lowest BCUT2D eigenvalue weighted by Crippen LogP contribution is -2.34. The number of carbonyl (C=O) groups is 2. The maximum Gasteiger partial charge on any atom is 0.225 e. The highest BCUT2D eigenvalue weighted by Gasteiger charge is 2.33. The second-order valence-electron chi connectivity index (χ2n) is 6.94. The van der Waals surface area contributed by atoms with Gasteiger partial charge < -0.3 is 15.0 Å².